The summed E-state index contributed by atoms with van der Waals surface area (Å²) >= 11 is 0. The molecule has 3 heteroatoms. The second-order valence-corrected chi connectivity index (χ2v) is 3.43. The number of benzene rings is 1. The van der Waals surface area contributed by atoms with Gasteiger partial charge in [-0.25, -0.2) is 4.39 Å². The van der Waals surface area contributed by atoms with Crippen LogP contribution in [-0.4, -0.2) is 19.1 Å². The molecule has 1 aliphatic rings. The predicted molar refractivity (Wildman–Crippen MR) is 55.2 cm³/mol. The van der Waals surface area contributed by atoms with Gasteiger partial charge in [-0.05, 0) is 23.3 Å². The van der Waals surface area contributed by atoms with Crippen LogP contribution >= 0.6 is 0 Å². The predicted octanol–water partition coefficient (Wildman–Crippen LogP) is 1.14. The van der Waals surface area contributed by atoms with E-state index in [2.05, 4.69) is 11.4 Å². The maximum absolute atomic E-state index is 12.7. The van der Waals surface area contributed by atoms with Crippen molar-refractivity contribution in [2.24, 2.45) is 5.73 Å². The molecule has 0 spiro atoms. The van der Waals surface area contributed by atoms with Crippen molar-refractivity contribution in [1.29, 1.82) is 0 Å². The quantitative estimate of drug-likeness (QED) is 0.700. The van der Waals surface area contributed by atoms with E-state index in [1.807, 2.05) is 0 Å². The molecule has 1 heterocycles. The molecule has 0 saturated heterocycles. The van der Waals surface area contributed by atoms with Crippen molar-refractivity contribution in [3.63, 3.8) is 0 Å². The Balaban J connectivity index is 2.29. The molecule has 14 heavy (non-hydrogen) atoms. The lowest BCUT2D eigenvalue weighted by Crippen LogP contribution is -2.38. The van der Waals surface area contributed by atoms with Crippen LogP contribution in [0.1, 0.15) is 5.56 Å². The zero-order chi connectivity index (χ0) is 9.97. The molecule has 0 aliphatic carbocycles. The smallest absolute Gasteiger partial charge is 0.123 e. The van der Waals surface area contributed by atoms with Crippen LogP contribution in [0, 0.1) is 5.82 Å². The summed E-state index contributed by atoms with van der Waals surface area (Å²) in [7, 11) is 0. The van der Waals surface area contributed by atoms with Gasteiger partial charge < -0.3 is 11.1 Å². The van der Waals surface area contributed by atoms with Crippen LogP contribution in [-0.2, 0) is 0 Å². The van der Waals surface area contributed by atoms with Crippen LogP contribution in [0.5, 0.6) is 0 Å². The molecule has 0 bridgehead atoms. The first-order valence-corrected chi connectivity index (χ1v) is 4.69. The SMILES string of the molecule is N[C@@H]1CNCC=C1c1ccc(F)cc1. The molecule has 0 saturated carbocycles. The molecule has 0 aromatic heterocycles. The van der Waals surface area contributed by atoms with Crippen molar-refractivity contribution in [3.8, 4) is 0 Å². The van der Waals surface area contributed by atoms with Crippen molar-refractivity contribution in [1.82, 2.24) is 5.32 Å². The van der Waals surface area contributed by atoms with E-state index >= 15 is 0 Å². The van der Waals surface area contributed by atoms with Gasteiger partial charge in [-0.3, -0.25) is 0 Å². The van der Waals surface area contributed by atoms with Gasteiger partial charge >= 0.3 is 0 Å². The number of halogens is 1. The Morgan fingerprint density at radius 1 is 1.29 bits per heavy atom. The highest BCUT2D eigenvalue weighted by Crippen LogP contribution is 2.18. The largest absolute Gasteiger partial charge is 0.323 e. The minimum absolute atomic E-state index is 0.00853. The molecule has 1 aromatic rings. The monoisotopic (exact) mass is 192 g/mol. The van der Waals surface area contributed by atoms with Gasteiger partial charge in [0.05, 0.1) is 0 Å². The lowest BCUT2D eigenvalue weighted by molar-refractivity contribution is 0.627. The van der Waals surface area contributed by atoms with Crippen molar-refractivity contribution in [2.75, 3.05) is 13.1 Å². The minimum Gasteiger partial charge on any atom is -0.323 e. The van der Waals surface area contributed by atoms with Crippen LogP contribution in [0.2, 0.25) is 0 Å². The van der Waals surface area contributed by atoms with E-state index in [4.69, 9.17) is 5.73 Å². The first-order valence-electron chi connectivity index (χ1n) is 4.69. The van der Waals surface area contributed by atoms with Gasteiger partial charge in [-0.2, -0.15) is 0 Å². The molecule has 74 valence electrons. The van der Waals surface area contributed by atoms with E-state index < -0.39 is 0 Å². The summed E-state index contributed by atoms with van der Waals surface area (Å²) < 4.78 is 12.7. The number of hydrogen-bond donors (Lipinski definition) is 2. The topological polar surface area (TPSA) is 38.0 Å². The van der Waals surface area contributed by atoms with Crippen LogP contribution in [0.15, 0.2) is 30.3 Å². The van der Waals surface area contributed by atoms with E-state index in [1.54, 1.807) is 12.1 Å². The van der Waals surface area contributed by atoms with Gasteiger partial charge in [0.2, 0.25) is 0 Å². The summed E-state index contributed by atoms with van der Waals surface area (Å²) in [5.74, 6) is -0.211. The lowest BCUT2D eigenvalue weighted by Gasteiger charge is -2.21. The average Bonchev–Trinajstić information content (AvgIpc) is 2.20. The highest BCUT2D eigenvalue weighted by Gasteiger charge is 2.14. The molecule has 0 fully saturated rings. The zero-order valence-electron chi connectivity index (χ0n) is 7.83. The molecule has 0 amide bonds. The Morgan fingerprint density at radius 3 is 2.64 bits per heavy atom. The van der Waals surface area contributed by atoms with Crippen LogP contribution in [0.3, 0.4) is 0 Å². The third-order valence-corrected chi connectivity index (χ3v) is 2.41. The van der Waals surface area contributed by atoms with E-state index in [0.717, 1.165) is 24.2 Å². The van der Waals surface area contributed by atoms with E-state index in [-0.39, 0.29) is 11.9 Å². The molecule has 1 atom stereocenters. The molecular weight excluding hydrogens is 179 g/mol. The third-order valence-electron chi connectivity index (χ3n) is 2.41. The van der Waals surface area contributed by atoms with Crippen molar-refractivity contribution in [2.45, 2.75) is 6.04 Å². The molecule has 2 nitrogen and oxygen atoms in total. The normalized spacial score (nSPS) is 21.9. The van der Waals surface area contributed by atoms with Crippen LogP contribution < -0.4 is 11.1 Å². The first kappa shape index (κ1) is 9.37. The van der Waals surface area contributed by atoms with Gasteiger partial charge in [0.25, 0.3) is 0 Å². The Labute approximate surface area is 82.6 Å². The van der Waals surface area contributed by atoms with Crippen LogP contribution in [0.4, 0.5) is 4.39 Å². The van der Waals surface area contributed by atoms with Crippen molar-refractivity contribution < 1.29 is 4.39 Å². The molecule has 2 rings (SSSR count). The Hall–Kier alpha value is -1.19. The third kappa shape index (κ3) is 1.84. The summed E-state index contributed by atoms with van der Waals surface area (Å²) in [4.78, 5) is 0. The molecule has 0 radical (unpaired) electrons. The number of nitrogens with one attached hydrogen (secondary N) is 1. The maximum atomic E-state index is 12.7. The van der Waals surface area contributed by atoms with Gasteiger partial charge in [0.15, 0.2) is 0 Å². The highest BCUT2D eigenvalue weighted by molar-refractivity contribution is 5.70. The molecular formula is C11H13FN2. The fraction of sp³-hybridized carbons (Fsp3) is 0.273. The minimum atomic E-state index is -0.211. The average molecular weight is 192 g/mol. The number of hydrogen-bond acceptors (Lipinski definition) is 2. The molecule has 1 aliphatic heterocycles. The standard InChI is InChI=1S/C11H13FN2/c12-9-3-1-8(2-4-9)10-5-6-14-7-11(10)13/h1-5,11,14H,6-7,13H2/t11-/m1/s1. The zero-order valence-corrected chi connectivity index (χ0v) is 7.83. The van der Waals surface area contributed by atoms with Gasteiger partial charge in [-0.1, -0.05) is 18.2 Å². The number of nitrogens with two attached hydrogens (primary N) is 1. The van der Waals surface area contributed by atoms with Gasteiger partial charge in [0, 0.05) is 19.1 Å². The van der Waals surface area contributed by atoms with Crippen molar-refractivity contribution >= 4 is 5.57 Å². The first-order chi connectivity index (χ1) is 6.77. The fourth-order valence-corrected chi connectivity index (χ4v) is 1.66. The van der Waals surface area contributed by atoms with E-state index in [1.165, 1.54) is 12.1 Å². The fourth-order valence-electron chi connectivity index (χ4n) is 1.66. The van der Waals surface area contributed by atoms with Gasteiger partial charge in [0.1, 0.15) is 5.82 Å². The number of rotatable bonds is 1. The second kappa shape index (κ2) is 3.90. The Kier molecular flexibility index (Phi) is 2.61. The second-order valence-electron chi connectivity index (χ2n) is 3.43. The Bertz CT molecular complexity index is 343. The summed E-state index contributed by atoms with van der Waals surface area (Å²) in [5, 5.41) is 3.17. The summed E-state index contributed by atoms with van der Waals surface area (Å²) in [5.41, 5.74) is 8.04. The van der Waals surface area contributed by atoms with Crippen molar-refractivity contribution in [3.05, 3.63) is 41.7 Å². The molecule has 0 unspecified atom stereocenters. The van der Waals surface area contributed by atoms with Crippen LogP contribution in [0.25, 0.3) is 5.57 Å². The highest BCUT2D eigenvalue weighted by atomic mass is 19.1. The lowest BCUT2D eigenvalue weighted by atomic mass is 9.96. The molecule has 1 aromatic carbocycles. The maximum Gasteiger partial charge on any atom is 0.123 e. The molecule has 3 N–H and O–H groups in total. The van der Waals surface area contributed by atoms with E-state index in [9.17, 15) is 4.39 Å². The summed E-state index contributed by atoms with van der Waals surface area (Å²) in [6, 6.07) is 6.48. The van der Waals surface area contributed by atoms with Gasteiger partial charge in [-0.15, -0.1) is 0 Å². The van der Waals surface area contributed by atoms with E-state index in [0.29, 0.717) is 0 Å². The Morgan fingerprint density at radius 2 is 2.00 bits per heavy atom. The summed E-state index contributed by atoms with van der Waals surface area (Å²) in [6.07, 6.45) is 2.06. The summed E-state index contributed by atoms with van der Waals surface area (Å²) in [6.45, 7) is 1.61.